The van der Waals surface area contributed by atoms with E-state index in [-0.39, 0.29) is 5.56 Å². The first-order chi connectivity index (χ1) is 6.97. The fourth-order valence-electron chi connectivity index (χ4n) is 1.53. The van der Waals surface area contributed by atoms with Crippen LogP contribution in [0.3, 0.4) is 0 Å². The molecule has 1 N–H and O–H groups in total. The normalized spacial score (nSPS) is 12.5. The summed E-state index contributed by atoms with van der Waals surface area (Å²) in [7, 11) is 0. The first-order valence-electron chi connectivity index (χ1n) is 4.65. The van der Waals surface area contributed by atoms with Gasteiger partial charge < -0.3 is 5.11 Å². The van der Waals surface area contributed by atoms with Crippen molar-refractivity contribution in [3.8, 4) is 0 Å². The highest BCUT2D eigenvalue weighted by atomic mass is 35.5. The molecular formula is C11H12ClFO2. The largest absolute Gasteiger partial charge is 0.481 e. The third kappa shape index (κ3) is 2.48. The minimum Gasteiger partial charge on any atom is -0.481 e. The Labute approximate surface area is 92.7 Å². The van der Waals surface area contributed by atoms with Gasteiger partial charge in [0.25, 0.3) is 0 Å². The molecule has 0 radical (unpaired) electrons. The van der Waals surface area contributed by atoms with E-state index in [1.165, 1.54) is 12.1 Å². The number of benzene rings is 1. The fraction of sp³-hybridized carbons (Fsp3) is 0.364. The minimum absolute atomic E-state index is 0.162. The van der Waals surface area contributed by atoms with Crippen molar-refractivity contribution in [2.45, 2.75) is 26.2 Å². The van der Waals surface area contributed by atoms with Gasteiger partial charge in [-0.1, -0.05) is 18.5 Å². The van der Waals surface area contributed by atoms with Crippen LogP contribution in [0, 0.1) is 12.7 Å². The summed E-state index contributed by atoms with van der Waals surface area (Å²) in [6, 6.07) is 2.86. The third-order valence-corrected chi connectivity index (χ3v) is 2.55. The van der Waals surface area contributed by atoms with E-state index < -0.39 is 17.7 Å². The van der Waals surface area contributed by atoms with Crippen LogP contribution >= 0.6 is 11.6 Å². The Morgan fingerprint density at radius 2 is 2.20 bits per heavy atom. The zero-order chi connectivity index (χ0) is 11.6. The summed E-state index contributed by atoms with van der Waals surface area (Å²) in [5.41, 5.74) is 0.534. The molecule has 0 bridgehead atoms. The van der Waals surface area contributed by atoms with Crippen LogP contribution in [0.15, 0.2) is 12.1 Å². The highest BCUT2D eigenvalue weighted by Crippen LogP contribution is 2.28. The maximum absolute atomic E-state index is 13.7. The van der Waals surface area contributed by atoms with Crippen LogP contribution in [0.2, 0.25) is 5.02 Å². The molecule has 0 aromatic heterocycles. The third-order valence-electron chi connectivity index (χ3n) is 2.33. The highest BCUT2D eigenvalue weighted by molar-refractivity contribution is 6.30. The van der Waals surface area contributed by atoms with Crippen molar-refractivity contribution < 1.29 is 14.3 Å². The van der Waals surface area contributed by atoms with Crippen molar-refractivity contribution >= 4 is 17.6 Å². The molecule has 1 atom stereocenters. The van der Waals surface area contributed by atoms with Crippen molar-refractivity contribution in [3.63, 3.8) is 0 Å². The maximum Gasteiger partial charge on any atom is 0.311 e. The highest BCUT2D eigenvalue weighted by Gasteiger charge is 2.22. The summed E-state index contributed by atoms with van der Waals surface area (Å²) in [6.07, 6.45) is 0.339. The molecule has 0 spiro atoms. The molecule has 1 aromatic carbocycles. The first kappa shape index (κ1) is 12.0. The standard InChI is InChI=1S/C11H12ClFO2/c1-3-8(11(14)15)9-5-7(12)4-6(2)10(9)13/h4-5,8H,3H2,1-2H3,(H,14,15). The number of hydrogen-bond donors (Lipinski definition) is 1. The number of aryl methyl sites for hydroxylation is 1. The molecule has 15 heavy (non-hydrogen) atoms. The average Bonchev–Trinajstić information content (AvgIpc) is 2.13. The Morgan fingerprint density at radius 3 is 2.67 bits per heavy atom. The van der Waals surface area contributed by atoms with E-state index >= 15 is 0 Å². The Hall–Kier alpha value is -1.09. The Morgan fingerprint density at radius 1 is 1.60 bits per heavy atom. The van der Waals surface area contributed by atoms with Gasteiger partial charge in [0.05, 0.1) is 5.92 Å². The van der Waals surface area contributed by atoms with Gasteiger partial charge in [0, 0.05) is 10.6 Å². The van der Waals surface area contributed by atoms with Gasteiger partial charge in [0.2, 0.25) is 0 Å². The van der Waals surface area contributed by atoms with E-state index in [1.807, 2.05) is 0 Å². The van der Waals surface area contributed by atoms with Gasteiger partial charge in [0.15, 0.2) is 0 Å². The zero-order valence-electron chi connectivity index (χ0n) is 8.55. The lowest BCUT2D eigenvalue weighted by molar-refractivity contribution is -0.138. The van der Waals surface area contributed by atoms with Crippen molar-refractivity contribution in [2.24, 2.45) is 0 Å². The SMILES string of the molecule is CCC(C(=O)O)c1cc(Cl)cc(C)c1F. The molecule has 2 nitrogen and oxygen atoms in total. The first-order valence-corrected chi connectivity index (χ1v) is 5.03. The van der Waals surface area contributed by atoms with Gasteiger partial charge in [-0.2, -0.15) is 0 Å². The lowest BCUT2D eigenvalue weighted by Gasteiger charge is -2.13. The van der Waals surface area contributed by atoms with Crippen LogP contribution in [-0.2, 0) is 4.79 Å². The summed E-state index contributed by atoms with van der Waals surface area (Å²) in [6.45, 7) is 3.27. The van der Waals surface area contributed by atoms with E-state index in [0.29, 0.717) is 17.0 Å². The lowest BCUT2D eigenvalue weighted by atomic mass is 9.94. The molecule has 1 rings (SSSR count). The number of rotatable bonds is 3. The minimum atomic E-state index is -1.03. The summed E-state index contributed by atoms with van der Waals surface area (Å²) < 4.78 is 13.7. The van der Waals surface area contributed by atoms with Crippen LogP contribution in [0.5, 0.6) is 0 Å². The van der Waals surface area contributed by atoms with E-state index in [4.69, 9.17) is 16.7 Å². The molecule has 0 saturated heterocycles. The number of halogens is 2. The smallest absolute Gasteiger partial charge is 0.311 e. The molecule has 0 fully saturated rings. The van der Waals surface area contributed by atoms with Crippen molar-refractivity contribution in [3.05, 3.63) is 34.1 Å². The average molecular weight is 231 g/mol. The molecule has 1 unspecified atom stereocenters. The van der Waals surface area contributed by atoms with Crippen LogP contribution in [0.25, 0.3) is 0 Å². The van der Waals surface area contributed by atoms with Gasteiger partial charge in [-0.25, -0.2) is 4.39 Å². The van der Waals surface area contributed by atoms with Crippen LogP contribution in [0.4, 0.5) is 4.39 Å². The second kappa shape index (κ2) is 4.62. The molecule has 0 aliphatic rings. The Balaban J connectivity index is 3.28. The number of hydrogen-bond acceptors (Lipinski definition) is 1. The number of carboxylic acid groups (broad SMARTS) is 1. The molecule has 1 aromatic rings. The van der Waals surface area contributed by atoms with Crippen LogP contribution < -0.4 is 0 Å². The zero-order valence-corrected chi connectivity index (χ0v) is 9.31. The topological polar surface area (TPSA) is 37.3 Å². The number of aliphatic carboxylic acids is 1. The quantitative estimate of drug-likeness (QED) is 0.865. The molecule has 82 valence electrons. The Bertz CT molecular complexity index is 390. The van der Waals surface area contributed by atoms with E-state index in [9.17, 15) is 9.18 Å². The van der Waals surface area contributed by atoms with Gasteiger partial charge in [-0.05, 0) is 31.0 Å². The molecule has 4 heteroatoms. The monoisotopic (exact) mass is 230 g/mol. The summed E-state index contributed by atoms with van der Waals surface area (Å²) in [5, 5.41) is 9.29. The van der Waals surface area contributed by atoms with Gasteiger partial charge in [0.1, 0.15) is 5.82 Å². The summed E-state index contributed by atoms with van der Waals surface area (Å²) in [4.78, 5) is 10.9. The molecule has 0 aliphatic carbocycles. The second-order valence-electron chi connectivity index (χ2n) is 3.42. The Kier molecular flexibility index (Phi) is 3.69. The van der Waals surface area contributed by atoms with E-state index in [1.54, 1.807) is 13.8 Å². The molecule has 0 heterocycles. The van der Waals surface area contributed by atoms with Gasteiger partial charge >= 0.3 is 5.97 Å². The maximum atomic E-state index is 13.7. The molecule has 0 saturated carbocycles. The number of carboxylic acids is 1. The van der Waals surface area contributed by atoms with E-state index in [0.717, 1.165) is 0 Å². The molecule has 0 amide bonds. The predicted octanol–water partition coefficient (Wildman–Crippen LogP) is 3.37. The lowest BCUT2D eigenvalue weighted by Crippen LogP contribution is -2.12. The van der Waals surface area contributed by atoms with E-state index in [2.05, 4.69) is 0 Å². The van der Waals surface area contributed by atoms with Crippen molar-refractivity contribution in [1.82, 2.24) is 0 Å². The van der Waals surface area contributed by atoms with Crippen LogP contribution in [-0.4, -0.2) is 11.1 Å². The predicted molar refractivity (Wildman–Crippen MR) is 56.8 cm³/mol. The van der Waals surface area contributed by atoms with Crippen LogP contribution in [0.1, 0.15) is 30.4 Å². The van der Waals surface area contributed by atoms with Gasteiger partial charge in [-0.15, -0.1) is 0 Å². The van der Waals surface area contributed by atoms with Crippen molar-refractivity contribution in [1.29, 1.82) is 0 Å². The van der Waals surface area contributed by atoms with Crippen molar-refractivity contribution in [2.75, 3.05) is 0 Å². The molecular weight excluding hydrogens is 219 g/mol. The second-order valence-corrected chi connectivity index (χ2v) is 3.86. The van der Waals surface area contributed by atoms with Gasteiger partial charge in [-0.3, -0.25) is 4.79 Å². The molecule has 0 aliphatic heterocycles. The summed E-state index contributed by atoms with van der Waals surface area (Å²) >= 11 is 5.77. The fourth-order valence-corrected chi connectivity index (χ4v) is 1.81. The summed E-state index contributed by atoms with van der Waals surface area (Å²) in [5.74, 6) is -2.34. The number of carbonyl (C=O) groups is 1.